The Morgan fingerprint density at radius 1 is 1.15 bits per heavy atom. The normalized spacial score (nSPS) is 11.9. The highest BCUT2D eigenvalue weighted by molar-refractivity contribution is 5.94. The van der Waals surface area contributed by atoms with Gasteiger partial charge in [-0.1, -0.05) is 0 Å². The number of nitriles is 1. The minimum atomic E-state index is -4.78. The Bertz CT molecular complexity index is 845. The van der Waals surface area contributed by atoms with Gasteiger partial charge in [-0.15, -0.1) is 13.2 Å². The number of amides is 1. The monoisotopic (exact) mass is 380 g/mol. The Morgan fingerprint density at radius 2 is 1.81 bits per heavy atom. The number of halogens is 3. The number of hydrogen-bond donors (Lipinski definition) is 1. The van der Waals surface area contributed by atoms with E-state index in [9.17, 15) is 18.0 Å². The van der Waals surface area contributed by atoms with E-state index in [2.05, 4.69) is 10.1 Å². The van der Waals surface area contributed by atoms with Crippen LogP contribution in [0, 0.1) is 11.3 Å². The lowest BCUT2D eigenvalue weighted by atomic mass is 10.2. The molecule has 0 aliphatic carbocycles. The number of benzene rings is 2. The van der Waals surface area contributed by atoms with Crippen LogP contribution < -0.4 is 19.5 Å². The van der Waals surface area contributed by atoms with Gasteiger partial charge in [0.2, 0.25) is 0 Å². The van der Waals surface area contributed by atoms with Gasteiger partial charge in [0.05, 0.1) is 18.7 Å². The number of nitrogens with zero attached hydrogens (tertiary/aromatic N) is 1. The van der Waals surface area contributed by atoms with Crippen molar-refractivity contribution < 1.29 is 32.2 Å². The van der Waals surface area contributed by atoms with E-state index in [4.69, 9.17) is 14.7 Å². The van der Waals surface area contributed by atoms with E-state index in [1.807, 2.05) is 6.07 Å². The minimum Gasteiger partial charge on any atom is -0.493 e. The summed E-state index contributed by atoms with van der Waals surface area (Å²) in [6, 6.07) is 11.2. The summed E-state index contributed by atoms with van der Waals surface area (Å²) in [5, 5.41) is 11.4. The number of carbonyl (C=O) groups excluding carboxylic acids is 1. The van der Waals surface area contributed by atoms with Crippen molar-refractivity contribution in [2.45, 2.75) is 19.4 Å². The van der Waals surface area contributed by atoms with E-state index in [-0.39, 0.29) is 11.4 Å². The fraction of sp³-hybridized carbons (Fsp3) is 0.222. The molecule has 1 N–H and O–H groups in total. The summed E-state index contributed by atoms with van der Waals surface area (Å²) >= 11 is 0. The molecule has 0 aliphatic heterocycles. The molecule has 2 rings (SSSR count). The van der Waals surface area contributed by atoms with Crippen molar-refractivity contribution in [3.05, 3.63) is 48.0 Å². The van der Waals surface area contributed by atoms with Crippen LogP contribution >= 0.6 is 0 Å². The first-order valence-electron chi connectivity index (χ1n) is 7.63. The molecule has 1 atom stereocenters. The fourth-order valence-electron chi connectivity index (χ4n) is 2.06. The second-order valence-corrected chi connectivity index (χ2v) is 5.30. The molecule has 1 amide bonds. The predicted molar refractivity (Wildman–Crippen MR) is 89.6 cm³/mol. The van der Waals surface area contributed by atoms with Crippen LogP contribution in [-0.4, -0.2) is 25.5 Å². The molecule has 0 saturated carbocycles. The molecular formula is C18H15F3N2O4. The van der Waals surface area contributed by atoms with Gasteiger partial charge in [0.1, 0.15) is 5.75 Å². The molecule has 2 aromatic rings. The highest BCUT2D eigenvalue weighted by atomic mass is 19.4. The molecule has 9 heteroatoms. The molecular weight excluding hydrogens is 365 g/mol. The average Bonchev–Trinajstić information content (AvgIpc) is 2.62. The van der Waals surface area contributed by atoms with E-state index in [0.717, 1.165) is 12.1 Å². The van der Waals surface area contributed by atoms with Crippen LogP contribution in [0.3, 0.4) is 0 Å². The van der Waals surface area contributed by atoms with Crippen molar-refractivity contribution in [1.29, 1.82) is 5.26 Å². The molecule has 0 fully saturated rings. The summed E-state index contributed by atoms with van der Waals surface area (Å²) in [4.78, 5) is 12.2. The summed E-state index contributed by atoms with van der Waals surface area (Å²) in [6.45, 7) is 1.49. The minimum absolute atomic E-state index is 0.271. The molecule has 27 heavy (non-hydrogen) atoms. The standard InChI is InChI=1S/C18H15F3N2O4/c1-11(26-15-8-3-12(10-22)9-16(15)25-2)17(24)23-13-4-6-14(7-5-13)27-18(19,20)21/h3-9,11H,1-2H3,(H,23,24)/t11-/m1/s1. The quantitative estimate of drug-likeness (QED) is 0.823. The molecule has 0 aromatic heterocycles. The highest BCUT2D eigenvalue weighted by Crippen LogP contribution is 2.29. The molecule has 0 spiro atoms. The SMILES string of the molecule is COc1cc(C#N)ccc1O[C@H](C)C(=O)Nc1ccc(OC(F)(F)F)cc1. The van der Waals surface area contributed by atoms with E-state index in [1.54, 1.807) is 0 Å². The molecule has 0 aliphatic rings. The van der Waals surface area contributed by atoms with Crippen molar-refractivity contribution in [2.24, 2.45) is 0 Å². The summed E-state index contributed by atoms with van der Waals surface area (Å²) < 4.78 is 50.8. The van der Waals surface area contributed by atoms with Crippen molar-refractivity contribution in [3.63, 3.8) is 0 Å². The number of anilines is 1. The third-order valence-electron chi connectivity index (χ3n) is 3.32. The zero-order valence-electron chi connectivity index (χ0n) is 14.3. The van der Waals surface area contributed by atoms with Crippen molar-refractivity contribution in [3.8, 4) is 23.3 Å². The van der Waals surface area contributed by atoms with Crippen LogP contribution in [0.1, 0.15) is 12.5 Å². The Labute approximate surface area is 153 Å². The van der Waals surface area contributed by atoms with Crippen LogP contribution in [-0.2, 0) is 4.79 Å². The smallest absolute Gasteiger partial charge is 0.493 e. The van der Waals surface area contributed by atoms with Crippen LogP contribution in [0.4, 0.5) is 18.9 Å². The Balaban J connectivity index is 2.01. The van der Waals surface area contributed by atoms with E-state index < -0.39 is 24.1 Å². The topological polar surface area (TPSA) is 80.6 Å². The van der Waals surface area contributed by atoms with Crippen LogP contribution in [0.25, 0.3) is 0 Å². The third kappa shape index (κ3) is 5.81. The van der Waals surface area contributed by atoms with Gasteiger partial charge in [-0.25, -0.2) is 0 Å². The van der Waals surface area contributed by atoms with Gasteiger partial charge >= 0.3 is 6.36 Å². The van der Waals surface area contributed by atoms with E-state index in [0.29, 0.717) is 11.3 Å². The Hall–Kier alpha value is -3.41. The molecule has 0 radical (unpaired) electrons. The Kier molecular flexibility index (Phi) is 6.13. The molecule has 0 saturated heterocycles. The van der Waals surface area contributed by atoms with Crippen molar-refractivity contribution in [2.75, 3.05) is 12.4 Å². The van der Waals surface area contributed by atoms with E-state index in [1.165, 1.54) is 44.4 Å². The lowest BCUT2D eigenvalue weighted by Crippen LogP contribution is -2.30. The highest BCUT2D eigenvalue weighted by Gasteiger charge is 2.31. The van der Waals surface area contributed by atoms with Gasteiger partial charge in [-0.05, 0) is 43.3 Å². The zero-order chi connectivity index (χ0) is 20.0. The first kappa shape index (κ1) is 19.9. The Morgan fingerprint density at radius 3 is 2.37 bits per heavy atom. The summed E-state index contributed by atoms with van der Waals surface area (Å²) in [6.07, 6.45) is -5.72. The second-order valence-electron chi connectivity index (χ2n) is 5.30. The largest absolute Gasteiger partial charge is 0.573 e. The molecule has 0 heterocycles. The van der Waals surface area contributed by atoms with Crippen molar-refractivity contribution >= 4 is 11.6 Å². The van der Waals surface area contributed by atoms with Gasteiger partial charge in [0, 0.05) is 11.8 Å². The number of rotatable bonds is 6. The first-order valence-corrected chi connectivity index (χ1v) is 7.63. The average molecular weight is 380 g/mol. The molecule has 142 valence electrons. The number of alkyl halides is 3. The van der Waals surface area contributed by atoms with Crippen LogP contribution in [0.5, 0.6) is 17.2 Å². The molecule has 6 nitrogen and oxygen atoms in total. The lowest BCUT2D eigenvalue weighted by Gasteiger charge is -2.17. The maximum absolute atomic E-state index is 12.2. The summed E-state index contributed by atoms with van der Waals surface area (Å²) in [7, 11) is 1.40. The van der Waals surface area contributed by atoms with Gasteiger partial charge < -0.3 is 19.5 Å². The van der Waals surface area contributed by atoms with Gasteiger partial charge in [-0.3, -0.25) is 4.79 Å². The molecule has 0 bridgehead atoms. The fourth-order valence-corrected chi connectivity index (χ4v) is 2.06. The van der Waals surface area contributed by atoms with Gasteiger partial charge in [0.15, 0.2) is 17.6 Å². The predicted octanol–water partition coefficient (Wildman–Crippen LogP) is 3.87. The van der Waals surface area contributed by atoms with E-state index >= 15 is 0 Å². The number of nitrogens with one attached hydrogen (secondary N) is 1. The number of methoxy groups -OCH3 is 1. The second kappa shape index (κ2) is 8.31. The third-order valence-corrected chi connectivity index (χ3v) is 3.32. The first-order chi connectivity index (χ1) is 12.7. The number of hydrogen-bond acceptors (Lipinski definition) is 5. The summed E-state index contributed by atoms with van der Waals surface area (Å²) in [5.41, 5.74) is 0.647. The number of carbonyl (C=O) groups is 1. The zero-order valence-corrected chi connectivity index (χ0v) is 14.3. The molecule has 0 unspecified atom stereocenters. The summed E-state index contributed by atoms with van der Waals surface area (Å²) in [5.74, 6) is -0.353. The van der Waals surface area contributed by atoms with Gasteiger partial charge in [-0.2, -0.15) is 5.26 Å². The number of ether oxygens (including phenoxy) is 3. The van der Waals surface area contributed by atoms with Crippen LogP contribution in [0.2, 0.25) is 0 Å². The lowest BCUT2D eigenvalue weighted by molar-refractivity contribution is -0.274. The maximum atomic E-state index is 12.2. The van der Waals surface area contributed by atoms with Crippen LogP contribution in [0.15, 0.2) is 42.5 Å². The maximum Gasteiger partial charge on any atom is 0.573 e. The van der Waals surface area contributed by atoms with Gasteiger partial charge in [0.25, 0.3) is 5.91 Å². The van der Waals surface area contributed by atoms with Crippen molar-refractivity contribution in [1.82, 2.24) is 0 Å². The molecule has 2 aromatic carbocycles.